The van der Waals surface area contributed by atoms with E-state index in [-0.39, 0.29) is 0 Å². The van der Waals surface area contributed by atoms with Gasteiger partial charge in [0.05, 0.1) is 4.90 Å². The Bertz CT molecular complexity index is 600. The van der Waals surface area contributed by atoms with E-state index in [9.17, 15) is 8.42 Å². The Morgan fingerprint density at radius 2 is 1.68 bits per heavy atom. The van der Waals surface area contributed by atoms with Gasteiger partial charge in [-0.25, -0.2) is 8.42 Å². The number of piperidine rings is 1. The van der Waals surface area contributed by atoms with Gasteiger partial charge in [-0.15, -0.1) is 0 Å². The fraction of sp³-hybridized carbons (Fsp3) is 0.667. The number of benzene rings is 1. The second-order valence-corrected chi connectivity index (χ2v) is 9.02. The topological polar surface area (TPSA) is 37.4 Å². The molecule has 4 heteroatoms. The molecule has 0 spiro atoms. The SMILES string of the molecule is CC(C)Cc1cc(S(=O)(=O)N2CCCCC2)ccc1C(C)C. The summed E-state index contributed by atoms with van der Waals surface area (Å²) in [6.07, 6.45) is 4.01. The molecule has 0 aromatic heterocycles. The van der Waals surface area contributed by atoms with E-state index in [1.807, 2.05) is 12.1 Å². The van der Waals surface area contributed by atoms with E-state index < -0.39 is 10.0 Å². The van der Waals surface area contributed by atoms with Crippen molar-refractivity contribution in [3.63, 3.8) is 0 Å². The van der Waals surface area contributed by atoms with Crippen molar-refractivity contribution in [2.75, 3.05) is 13.1 Å². The molecule has 0 radical (unpaired) electrons. The molecule has 1 aliphatic heterocycles. The minimum Gasteiger partial charge on any atom is -0.207 e. The van der Waals surface area contributed by atoms with Gasteiger partial charge < -0.3 is 0 Å². The predicted molar refractivity (Wildman–Crippen MR) is 91.7 cm³/mol. The van der Waals surface area contributed by atoms with Crippen molar-refractivity contribution < 1.29 is 8.42 Å². The third kappa shape index (κ3) is 3.90. The molecule has 0 atom stereocenters. The van der Waals surface area contributed by atoms with Gasteiger partial charge in [-0.3, -0.25) is 0 Å². The maximum atomic E-state index is 12.8. The van der Waals surface area contributed by atoms with Gasteiger partial charge in [-0.1, -0.05) is 40.2 Å². The minimum absolute atomic E-state index is 0.417. The summed E-state index contributed by atoms with van der Waals surface area (Å²) in [5.41, 5.74) is 2.45. The fourth-order valence-electron chi connectivity index (χ4n) is 3.18. The summed E-state index contributed by atoms with van der Waals surface area (Å²) < 4.78 is 27.3. The summed E-state index contributed by atoms with van der Waals surface area (Å²) in [6.45, 7) is 10.0. The first-order chi connectivity index (χ1) is 10.3. The molecular formula is C18H29NO2S. The first kappa shape index (κ1) is 17.5. The first-order valence-corrected chi connectivity index (χ1v) is 9.89. The molecule has 3 nitrogen and oxygen atoms in total. The molecular weight excluding hydrogens is 294 g/mol. The van der Waals surface area contributed by atoms with Crippen molar-refractivity contribution in [2.45, 2.75) is 64.2 Å². The van der Waals surface area contributed by atoms with Crippen LogP contribution in [0.3, 0.4) is 0 Å². The molecule has 0 bridgehead atoms. The zero-order valence-electron chi connectivity index (χ0n) is 14.3. The largest absolute Gasteiger partial charge is 0.243 e. The van der Waals surface area contributed by atoms with E-state index in [1.54, 1.807) is 10.4 Å². The molecule has 0 amide bonds. The maximum Gasteiger partial charge on any atom is 0.243 e. The van der Waals surface area contributed by atoms with Crippen molar-refractivity contribution in [3.8, 4) is 0 Å². The molecule has 0 unspecified atom stereocenters. The lowest BCUT2D eigenvalue weighted by Gasteiger charge is -2.26. The van der Waals surface area contributed by atoms with Gasteiger partial charge >= 0.3 is 0 Å². The number of nitrogens with zero attached hydrogens (tertiary/aromatic N) is 1. The highest BCUT2D eigenvalue weighted by Gasteiger charge is 2.26. The molecule has 0 aliphatic carbocycles. The van der Waals surface area contributed by atoms with Crippen LogP contribution in [0.2, 0.25) is 0 Å². The van der Waals surface area contributed by atoms with Crippen molar-refractivity contribution >= 4 is 10.0 Å². The van der Waals surface area contributed by atoms with Crippen LogP contribution in [0.4, 0.5) is 0 Å². The fourth-order valence-corrected chi connectivity index (χ4v) is 4.74. The van der Waals surface area contributed by atoms with Crippen LogP contribution >= 0.6 is 0 Å². The molecule has 22 heavy (non-hydrogen) atoms. The van der Waals surface area contributed by atoms with E-state index >= 15 is 0 Å². The summed E-state index contributed by atoms with van der Waals surface area (Å²) >= 11 is 0. The second-order valence-electron chi connectivity index (χ2n) is 7.08. The molecule has 1 saturated heterocycles. The first-order valence-electron chi connectivity index (χ1n) is 8.45. The Kier molecular flexibility index (Phi) is 5.67. The van der Waals surface area contributed by atoms with Crippen LogP contribution in [-0.2, 0) is 16.4 Å². The number of sulfonamides is 1. The third-order valence-corrected chi connectivity index (χ3v) is 6.21. The number of hydrogen-bond acceptors (Lipinski definition) is 2. The van der Waals surface area contributed by atoms with E-state index in [0.717, 1.165) is 25.7 Å². The van der Waals surface area contributed by atoms with Gasteiger partial charge in [0.15, 0.2) is 0 Å². The third-order valence-electron chi connectivity index (χ3n) is 4.32. The average molecular weight is 324 g/mol. The smallest absolute Gasteiger partial charge is 0.207 e. The Morgan fingerprint density at radius 3 is 2.23 bits per heavy atom. The zero-order chi connectivity index (χ0) is 16.3. The van der Waals surface area contributed by atoms with E-state index in [0.29, 0.717) is 29.8 Å². The van der Waals surface area contributed by atoms with Gasteiger partial charge in [-0.05, 0) is 54.4 Å². The van der Waals surface area contributed by atoms with Gasteiger partial charge in [0.1, 0.15) is 0 Å². The maximum absolute atomic E-state index is 12.8. The number of rotatable bonds is 5. The minimum atomic E-state index is -3.33. The van der Waals surface area contributed by atoms with Crippen LogP contribution in [-0.4, -0.2) is 25.8 Å². The summed E-state index contributed by atoms with van der Waals surface area (Å²) in [4.78, 5) is 0.467. The quantitative estimate of drug-likeness (QED) is 0.815. The monoisotopic (exact) mass is 323 g/mol. The van der Waals surface area contributed by atoms with Crippen LogP contribution in [0.25, 0.3) is 0 Å². The molecule has 1 heterocycles. The highest BCUT2D eigenvalue weighted by molar-refractivity contribution is 7.89. The lowest BCUT2D eigenvalue weighted by molar-refractivity contribution is 0.346. The summed E-state index contributed by atoms with van der Waals surface area (Å²) in [5, 5.41) is 0. The van der Waals surface area contributed by atoms with Crippen molar-refractivity contribution in [2.24, 2.45) is 5.92 Å². The Balaban J connectivity index is 2.38. The molecule has 0 saturated carbocycles. The highest BCUT2D eigenvalue weighted by Crippen LogP contribution is 2.27. The van der Waals surface area contributed by atoms with E-state index in [1.165, 1.54) is 11.1 Å². The Labute approximate surface area is 135 Å². The summed E-state index contributed by atoms with van der Waals surface area (Å²) in [5.74, 6) is 0.936. The van der Waals surface area contributed by atoms with Gasteiger partial charge in [0.25, 0.3) is 0 Å². The van der Waals surface area contributed by atoms with Crippen LogP contribution in [0, 0.1) is 5.92 Å². The van der Waals surface area contributed by atoms with Crippen LogP contribution in [0.5, 0.6) is 0 Å². The van der Waals surface area contributed by atoms with Crippen molar-refractivity contribution in [1.82, 2.24) is 4.31 Å². The Morgan fingerprint density at radius 1 is 1.05 bits per heavy atom. The van der Waals surface area contributed by atoms with Crippen LogP contribution < -0.4 is 0 Å². The molecule has 1 aliphatic rings. The molecule has 2 rings (SSSR count). The average Bonchev–Trinajstić information content (AvgIpc) is 2.47. The van der Waals surface area contributed by atoms with Gasteiger partial charge in [0, 0.05) is 13.1 Å². The molecule has 1 aromatic carbocycles. The molecule has 1 aromatic rings. The summed E-state index contributed by atoms with van der Waals surface area (Å²) in [7, 11) is -3.33. The van der Waals surface area contributed by atoms with Gasteiger partial charge in [0.2, 0.25) is 10.0 Å². The van der Waals surface area contributed by atoms with E-state index in [2.05, 4.69) is 27.7 Å². The zero-order valence-corrected chi connectivity index (χ0v) is 15.1. The standard InChI is InChI=1S/C18H29NO2S/c1-14(2)12-16-13-17(8-9-18(16)15(3)4)22(20,21)19-10-6-5-7-11-19/h8-9,13-15H,5-7,10-12H2,1-4H3. The predicted octanol–water partition coefficient (Wildman–Crippen LogP) is 4.18. The number of hydrogen-bond donors (Lipinski definition) is 0. The molecule has 0 N–H and O–H groups in total. The lowest BCUT2D eigenvalue weighted by atomic mass is 9.92. The van der Waals surface area contributed by atoms with Crippen molar-refractivity contribution in [3.05, 3.63) is 29.3 Å². The molecule has 124 valence electrons. The normalized spacial score (nSPS) is 17.4. The van der Waals surface area contributed by atoms with Crippen LogP contribution in [0.1, 0.15) is 64.0 Å². The van der Waals surface area contributed by atoms with Gasteiger partial charge in [-0.2, -0.15) is 4.31 Å². The second kappa shape index (κ2) is 7.14. The Hall–Kier alpha value is -0.870. The lowest BCUT2D eigenvalue weighted by Crippen LogP contribution is -2.35. The highest BCUT2D eigenvalue weighted by atomic mass is 32.2. The summed E-state index contributed by atoms with van der Waals surface area (Å²) in [6, 6.07) is 5.72. The van der Waals surface area contributed by atoms with Crippen LogP contribution in [0.15, 0.2) is 23.1 Å². The molecule has 1 fully saturated rings. The van der Waals surface area contributed by atoms with E-state index in [4.69, 9.17) is 0 Å². The van der Waals surface area contributed by atoms with Crippen molar-refractivity contribution in [1.29, 1.82) is 0 Å².